The molecule has 0 bridgehead atoms. The summed E-state index contributed by atoms with van der Waals surface area (Å²) >= 11 is 0. The van der Waals surface area contributed by atoms with E-state index in [2.05, 4.69) is 26.8 Å². The molecule has 37 heavy (non-hydrogen) atoms. The summed E-state index contributed by atoms with van der Waals surface area (Å²) in [5, 5.41) is 2.91. The van der Waals surface area contributed by atoms with Gasteiger partial charge < -0.3 is 15.1 Å². The summed E-state index contributed by atoms with van der Waals surface area (Å²) in [4.78, 5) is 38.4. The fraction of sp³-hybridized carbons (Fsp3) is 0.379. The van der Waals surface area contributed by atoms with Gasteiger partial charge in [0.25, 0.3) is 11.8 Å². The van der Waals surface area contributed by atoms with Gasteiger partial charge in [0.05, 0.1) is 11.3 Å². The van der Waals surface area contributed by atoms with Crippen LogP contribution < -0.4 is 10.2 Å². The lowest BCUT2D eigenvalue weighted by Gasteiger charge is -2.36. The van der Waals surface area contributed by atoms with Gasteiger partial charge in [0, 0.05) is 63.5 Å². The number of carbonyl (C=O) groups is 2. The number of aryl methyl sites for hydroxylation is 1. The van der Waals surface area contributed by atoms with Crippen molar-refractivity contribution in [2.75, 3.05) is 43.4 Å². The molecule has 4 rings (SSSR count). The maximum atomic E-state index is 15.6. The molecule has 2 saturated heterocycles. The van der Waals surface area contributed by atoms with Gasteiger partial charge in [-0.15, -0.1) is 0 Å². The van der Waals surface area contributed by atoms with Crippen LogP contribution >= 0.6 is 0 Å². The van der Waals surface area contributed by atoms with E-state index in [9.17, 15) is 9.59 Å². The summed E-state index contributed by atoms with van der Waals surface area (Å²) in [6.45, 7) is 10.1. The lowest BCUT2D eigenvalue weighted by atomic mass is 9.87. The fourth-order valence-corrected chi connectivity index (χ4v) is 4.49. The molecule has 8 heteroatoms. The lowest BCUT2D eigenvalue weighted by Crippen LogP contribution is -2.48. The Hall–Kier alpha value is -3.81. The van der Waals surface area contributed by atoms with Crippen LogP contribution in [0.5, 0.6) is 0 Å². The summed E-state index contributed by atoms with van der Waals surface area (Å²) in [5.41, 5.74) is 1.91. The summed E-state index contributed by atoms with van der Waals surface area (Å²) in [5.74, 6) is 0.393. The van der Waals surface area contributed by atoms with Crippen LogP contribution in [0.25, 0.3) is 0 Å². The quantitative estimate of drug-likeness (QED) is 0.426. The van der Waals surface area contributed by atoms with E-state index in [1.165, 1.54) is 0 Å². The maximum absolute atomic E-state index is 15.6. The minimum atomic E-state index is -1.58. The Morgan fingerprint density at radius 3 is 2.38 bits per heavy atom. The number of allylic oxidation sites excluding steroid dienone is 3. The molecule has 1 aromatic heterocycles. The topological polar surface area (TPSA) is 77.9 Å². The van der Waals surface area contributed by atoms with Crippen molar-refractivity contribution >= 4 is 29.0 Å². The molecule has 0 spiro atoms. The average Bonchev–Trinajstić information content (AvgIpc) is 2.85. The number of hydrogen-bond donors (Lipinski definition) is 1. The molecule has 2 aliphatic heterocycles. The van der Waals surface area contributed by atoms with Crippen LogP contribution in [0.15, 0.2) is 65.8 Å². The Bertz CT molecular complexity index is 1240. The van der Waals surface area contributed by atoms with Crippen LogP contribution in [0.4, 0.5) is 15.9 Å². The van der Waals surface area contributed by atoms with Crippen LogP contribution in [-0.4, -0.2) is 66.3 Å². The number of aromatic nitrogens is 1. The highest BCUT2D eigenvalue weighted by atomic mass is 19.1. The van der Waals surface area contributed by atoms with Gasteiger partial charge in [0.15, 0.2) is 5.67 Å². The molecule has 0 saturated carbocycles. The van der Waals surface area contributed by atoms with Crippen molar-refractivity contribution < 1.29 is 14.0 Å². The Morgan fingerprint density at radius 2 is 1.81 bits per heavy atom. The Kier molecular flexibility index (Phi) is 7.86. The van der Waals surface area contributed by atoms with Crippen molar-refractivity contribution in [3.05, 3.63) is 77.5 Å². The van der Waals surface area contributed by atoms with Gasteiger partial charge in [0.2, 0.25) is 0 Å². The van der Waals surface area contributed by atoms with Crippen LogP contribution in [0.2, 0.25) is 0 Å². The predicted molar refractivity (Wildman–Crippen MR) is 146 cm³/mol. The molecule has 1 N–H and O–H groups in total. The normalized spacial score (nSPS) is 17.5. The third kappa shape index (κ3) is 5.96. The van der Waals surface area contributed by atoms with Crippen LogP contribution in [-0.2, 0) is 0 Å². The highest BCUT2D eigenvalue weighted by molar-refractivity contribution is 6.06. The van der Waals surface area contributed by atoms with Crippen molar-refractivity contribution in [3.8, 4) is 0 Å². The number of halogens is 1. The van der Waals surface area contributed by atoms with E-state index in [0.29, 0.717) is 22.5 Å². The summed E-state index contributed by atoms with van der Waals surface area (Å²) in [6, 6.07) is 8.84. The molecule has 0 unspecified atom stereocenters. The molecule has 3 heterocycles. The van der Waals surface area contributed by atoms with Crippen molar-refractivity contribution in [3.63, 3.8) is 0 Å². The number of amides is 2. The number of hydrogen-bond acceptors (Lipinski definition) is 5. The number of rotatable bonds is 7. The van der Waals surface area contributed by atoms with E-state index in [4.69, 9.17) is 0 Å². The van der Waals surface area contributed by atoms with Gasteiger partial charge in [-0.1, -0.05) is 24.3 Å². The molecule has 1 aromatic carbocycles. The second-order valence-electron chi connectivity index (χ2n) is 9.78. The fourth-order valence-electron chi connectivity index (χ4n) is 4.49. The number of pyridine rings is 1. The Morgan fingerprint density at radius 1 is 1.11 bits per heavy atom. The monoisotopic (exact) mass is 503 g/mol. The zero-order valence-electron chi connectivity index (χ0n) is 21.8. The standard InChI is InChI=1S/C29H34FN5O2/c1-20(2)6-10-25(31-4)29(30)12-16-35(17-13-29)28(37)22-8-7-21(3)24(18-22)33-27(36)23-9-11-26(32-19-23)34-14-5-15-34/h6-11,18-19H,1,5,12-17H2,2-4H3,(H,33,36)/b10-6-,31-25?. The minimum absolute atomic E-state index is 0.168. The van der Waals surface area contributed by atoms with E-state index in [1.807, 2.05) is 26.0 Å². The van der Waals surface area contributed by atoms with Crippen molar-refractivity contribution in [2.24, 2.45) is 4.99 Å². The minimum Gasteiger partial charge on any atom is -0.356 e. The molecule has 7 nitrogen and oxygen atoms in total. The van der Waals surface area contributed by atoms with E-state index >= 15 is 4.39 Å². The van der Waals surface area contributed by atoms with E-state index in [-0.39, 0.29) is 37.7 Å². The number of nitrogens with one attached hydrogen (secondary N) is 1. The lowest BCUT2D eigenvalue weighted by molar-refractivity contribution is 0.0608. The first-order chi connectivity index (χ1) is 17.7. The number of aliphatic imine (C=N–C) groups is 1. The first-order valence-electron chi connectivity index (χ1n) is 12.6. The molecule has 2 aliphatic rings. The zero-order chi connectivity index (χ0) is 26.6. The second kappa shape index (κ2) is 11.1. The number of alkyl halides is 1. The van der Waals surface area contributed by atoms with E-state index in [1.54, 1.807) is 48.5 Å². The van der Waals surface area contributed by atoms with E-state index < -0.39 is 5.67 Å². The molecular formula is C29H34FN5O2. The molecule has 0 radical (unpaired) electrons. The highest BCUT2D eigenvalue weighted by Gasteiger charge is 2.39. The molecule has 2 aromatic rings. The number of carbonyl (C=O) groups excluding carboxylic acids is 2. The Labute approximate surface area is 217 Å². The van der Waals surface area contributed by atoms with Gasteiger partial charge in [-0.2, -0.15) is 0 Å². The third-order valence-corrected chi connectivity index (χ3v) is 6.99. The molecule has 2 fully saturated rings. The van der Waals surface area contributed by atoms with Crippen LogP contribution in [0, 0.1) is 6.92 Å². The molecule has 0 aliphatic carbocycles. The third-order valence-electron chi connectivity index (χ3n) is 6.99. The van der Waals surface area contributed by atoms with Gasteiger partial charge in [0.1, 0.15) is 5.82 Å². The summed E-state index contributed by atoms with van der Waals surface area (Å²) in [6.07, 6.45) is 6.49. The number of likely N-dealkylation sites (tertiary alicyclic amines) is 1. The smallest absolute Gasteiger partial charge is 0.257 e. The first kappa shape index (κ1) is 26.3. The molecular weight excluding hydrogens is 469 g/mol. The van der Waals surface area contributed by atoms with Crippen molar-refractivity contribution in [1.29, 1.82) is 0 Å². The number of benzene rings is 1. The number of piperidine rings is 1. The Balaban J connectivity index is 1.41. The number of anilines is 2. The average molecular weight is 504 g/mol. The molecule has 0 atom stereocenters. The first-order valence-corrected chi connectivity index (χ1v) is 12.6. The van der Waals surface area contributed by atoms with Gasteiger partial charge in [-0.05, 0) is 56.2 Å². The summed E-state index contributed by atoms with van der Waals surface area (Å²) in [7, 11) is 1.58. The molecule has 194 valence electrons. The van der Waals surface area contributed by atoms with Crippen LogP contribution in [0.3, 0.4) is 0 Å². The summed E-state index contributed by atoms with van der Waals surface area (Å²) < 4.78 is 15.6. The maximum Gasteiger partial charge on any atom is 0.257 e. The second-order valence-corrected chi connectivity index (χ2v) is 9.78. The van der Waals surface area contributed by atoms with Crippen molar-refractivity contribution in [1.82, 2.24) is 9.88 Å². The van der Waals surface area contributed by atoms with Gasteiger partial charge in [-0.25, -0.2) is 9.37 Å². The van der Waals surface area contributed by atoms with Crippen molar-refractivity contribution in [2.45, 2.75) is 38.8 Å². The van der Waals surface area contributed by atoms with Gasteiger partial charge >= 0.3 is 0 Å². The molecule has 2 amide bonds. The zero-order valence-corrected chi connectivity index (χ0v) is 21.8. The number of nitrogens with zero attached hydrogens (tertiary/aromatic N) is 4. The SMILES string of the molecule is C=C(C)/C=C\C(=NC)C1(F)CCN(C(=O)c2ccc(C)c(NC(=O)c3ccc(N4CCC4)nc3)c2)CC1. The largest absolute Gasteiger partial charge is 0.356 e. The van der Waals surface area contributed by atoms with Crippen LogP contribution in [0.1, 0.15) is 52.5 Å². The van der Waals surface area contributed by atoms with E-state index in [0.717, 1.165) is 36.5 Å². The van der Waals surface area contributed by atoms with Gasteiger partial charge in [-0.3, -0.25) is 14.6 Å². The predicted octanol–water partition coefficient (Wildman–Crippen LogP) is 5.00. The highest BCUT2D eigenvalue weighted by Crippen LogP contribution is 2.30.